The van der Waals surface area contributed by atoms with Gasteiger partial charge in [-0.15, -0.1) is 0 Å². The average Bonchev–Trinajstić information content (AvgIpc) is 2.68. The lowest BCUT2D eigenvalue weighted by atomic mass is 10.1. The Kier molecular flexibility index (Phi) is 5.87. The fourth-order valence-corrected chi connectivity index (χ4v) is 3.99. The zero-order chi connectivity index (χ0) is 20.1. The van der Waals surface area contributed by atoms with Crippen LogP contribution in [0.2, 0.25) is 0 Å². The van der Waals surface area contributed by atoms with Crippen LogP contribution in [0.15, 0.2) is 77.8 Å². The van der Waals surface area contributed by atoms with Crippen molar-refractivity contribution >= 4 is 21.6 Å². The van der Waals surface area contributed by atoms with Crippen molar-refractivity contribution in [2.24, 2.45) is 0 Å². The molecule has 0 saturated heterocycles. The van der Waals surface area contributed by atoms with Gasteiger partial charge in [-0.3, -0.25) is 9.78 Å². The van der Waals surface area contributed by atoms with Crippen LogP contribution in [0.4, 0.5) is 5.69 Å². The number of hydrogen-bond donors (Lipinski definition) is 2. The fourth-order valence-electron chi connectivity index (χ4n) is 2.77. The molecular formula is C21H21N3O3S. The Hall–Kier alpha value is -3.03. The first-order valence-electron chi connectivity index (χ1n) is 8.76. The Labute approximate surface area is 164 Å². The molecule has 1 amide bonds. The number of carbonyl (C=O) groups excluding carboxylic acids is 1. The summed E-state index contributed by atoms with van der Waals surface area (Å²) in [6.07, 6.45) is 1.63. The summed E-state index contributed by atoms with van der Waals surface area (Å²) in [5.74, 6) is -0.130. The normalized spacial score (nSPS) is 12.4. The highest BCUT2D eigenvalue weighted by atomic mass is 32.2. The van der Waals surface area contributed by atoms with Gasteiger partial charge in [-0.25, -0.2) is 13.1 Å². The molecule has 0 unspecified atom stereocenters. The van der Waals surface area contributed by atoms with Gasteiger partial charge < -0.3 is 5.32 Å². The van der Waals surface area contributed by atoms with E-state index < -0.39 is 16.1 Å². The lowest BCUT2D eigenvalue weighted by molar-refractivity contribution is -0.114. The van der Waals surface area contributed by atoms with Crippen LogP contribution >= 0.6 is 0 Å². The predicted octanol–water partition coefficient (Wildman–Crippen LogP) is 3.75. The van der Waals surface area contributed by atoms with E-state index in [0.29, 0.717) is 11.4 Å². The van der Waals surface area contributed by atoms with Gasteiger partial charge in [0.1, 0.15) is 0 Å². The van der Waals surface area contributed by atoms with E-state index in [1.54, 1.807) is 61.7 Å². The van der Waals surface area contributed by atoms with Gasteiger partial charge in [0.05, 0.1) is 16.6 Å². The molecule has 0 saturated carbocycles. The smallest absolute Gasteiger partial charge is 0.241 e. The molecule has 6 nitrogen and oxygen atoms in total. The first kappa shape index (κ1) is 19.7. The molecule has 7 heteroatoms. The van der Waals surface area contributed by atoms with E-state index in [9.17, 15) is 13.2 Å². The molecule has 3 aromatic rings. The largest absolute Gasteiger partial charge is 0.326 e. The molecule has 3 rings (SSSR count). The summed E-state index contributed by atoms with van der Waals surface area (Å²) in [5.41, 5.74) is 3.17. The van der Waals surface area contributed by atoms with Crippen molar-refractivity contribution in [2.75, 3.05) is 5.32 Å². The van der Waals surface area contributed by atoms with Crippen LogP contribution in [0.3, 0.4) is 0 Å². The van der Waals surface area contributed by atoms with Crippen LogP contribution in [0.1, 0.15) is 25.6 Å². The molecule has 28 heavy (non-hydrogen) atoms. The number of nitrogens with one attached hydrogen (secondary N) is 2. The van der Waals surface area contributed by atoms with Crippen molar-refractivity contribution in [3.8, 4) is 11.1 Å². The molecule has 144 valence electrons. The average molecular weight is 395 g/mol. The van der Waals surface area contributed by atoms with E-state index in [4.69, 9.17) is 0 Å². The second kappa shape index (κ2) is 8.33. The lowest BCUT2D eigenvalue weighted by Gasteiger charge is -2.14. The minimum atomic E-state index is -3.66. The molecule has 0 aliphatic rings. The van der Waals surface area contributed by atoms with Crippen molar-refractivity contribution in [3.05, 3.63) is 78.6 Å². The fraction of sp³-hybridized carbons (Fsp3) is 0.143. The summed E-state index contributed by atoms with van der Waals surface area (Å²) >= 11 is 0. The highest BCUT2D eigenvalue weighted by Crippen LogP contribution is 2.24. The third kappa shape index (κ3) is 4.82. The maximum Gasteiger partial charge on any atom is 0.241 e. The van der Waals surface area contributed by atoms with Gasteiger partial charge >= 0.3 is 0 Å². The van der Waals surface area contributed by atoms with E-state index in [0.717, 1.165) is 11.1 Å². The summed E-state index contributed by atoms with van der Waals surface area (Å²) in [4.78, 5) is 15.5. The molecule has 0 aliphatic carbocycles. The predicted molar refractivity (Wildman–Crippen MR) is 109 cm³/mol. The van der Waals surface area contributed by atoms with Crippen LogP contribution in [-0.2, 0) is 14.8 Å². The maximum atomic E-state index is 12.6. The first-order valence-corrected chi connectivity index (χ1v) is 10.2. The molecule has 0 bridgehead atoms. The van der Waals surface area contributed by atoms with E-state index in [-0.39, 0.29) is 10.8 Å². The zero-order valence-electron chi connectivity index (χ0n) is 15.6. The van der Waals surface area contributed by atoms with Crippen molar-refractivity contribution in [3.63, 3.8) is 0 Å². The summed E-state index contributed by atoms with van der Waals surface area (Å²) in [7, 11) is -3.66. The number of aromatic nitrogens is 1. The topological polar surface area (TPSA) is 88.2 Å². The van der Waals surface area contributed by atoms with Crippen molar-refractivity contribution in [1.82, 2.24) is 9.71 Å². The number of sulfonamides is 1. The molecule has 1 heterocycles. The van der Waals surface area contributed by atoms with E-state index >= 15 is 0 Å². The summed E-state index contributed by atoms with van der Waals surface area (Å²) in [6, 6.07) is 19.0. The van der Waals surface area contributed by atoms with Gasteiger partial charge in [0.15, 0.2) is 0 Å². The first-order chi connectivity index (χ1) is 13.3. The Bertz CT molecular complexity index is 1050. The van der Waals surface area contributed by atoms with Crippen LogP contribution in [-0.4, -0.2) is 19.3 Å². The molecule has 0 radical (unpaired) electrons. The Morgan fingerprint density at radius 2 is 1.54 bits per heavy atom. The van der Waals surface area contributed by atoms with E-state index in [2.05, 4.69) is 15.0 Å². The summed E-state index contributed by atoms with van der Waals surface area (Å²) in [5, 5.41) is 2.71. The monoisotopic (exact) mass is 395 g/mol. The minimum Gasteiger partial charge on any atom is -0.326 e. The standard InChI is InChI=1S/C21H21N3O3S/c1-15(21-5-3-4-14-22-21)24-28(26,27)20-12-8-18(9-13-20)17-6-10-19(11-7-17)23-16(2)25/h3-15,24H,1-2H3,(H,23,25)/t15-/m0/s1. The van der Waals surface area contributed by atoms with Gasteiger partial charge in [-0.05, 0) is 54.4 Å². The van der Waals surface area contributed by atoms with Gasteiger partial charge in [0.25, 0.3) is 0 Å². The highest BCUT2D eigenvalue weighted by Gasteiger charge is 2.19. The molecule has 1 atom stereocenters. The second-order valence-corrected chi connectivity index (χ2v) is 8.09. The number of anilines is 1. The van der Waals surface area contributed by atoms with E-state index in [1.165, 1.54) is 6.92 Å². The number of carbonyl (C=O) groups is 1. The highest BCUT2D eigenvalue weighted by molar-refractivity contribution is 7.89. The summed E-state index contributed by atoms with van der Waals surface area (Å²) in [6.45, 7) is 3.21. The van der Waals surface area contributed by atoms with Gasteiger partial charge in [-0.2, -0.15) is 0 Å². The molecule has 2 N–H and O–H groups in total. The van der Waals surface area contributed by atoms with Gasteiger partial charge in [0, 0.05) is 18.8 Å². The quantitative estimate of drug-likeness (QED) is 0.665. The van der Waals surface area contributed by atoms with Gasteiger partial charge in [-0.1, -0.05) is 30.3 Å². The SMILES string of the molecule is CC(=O)Nc1ccc(-c2ccc(S(=O)(=O)N[C@@H](C)c3ccccn3)cc2)cc1. The second-order valence-electron chi connectivity index (χ2n) is 6.38. The van der Waals surface area contributed by atoms with Crippen LogP contribution in [0.25, 0.3) is 11.1 Å². The third-order valence-corrected chi connectivity index (χ3v) is 5.72. The number of hydrogen-bond acceptors (Lipinski definition) is 4. The molecule has 1 aromatic heterocycles. The number of rotatable bonds is 6. The van der Waals surface area contributed by atoms with Crippen molar-refractivity contribution < 1.29 is 13.2 Å². The molecule has 0 spiro atoms. The lowest BCUT2D eigenvalue weighted by Crippen LogP contribution is -2.27. The van der Waals surface area contributed by atoms with Crippen LogP contribution in [0.5, 0.6) is 0 Å². The molecule has 0 aliphatic heterocycles. The maximum absolute atomic E-state index is 12.6. The number of nitrogens with zero attached hydrogens (tertiary/aromatic N) is 1. The molecule has 0 fully saturated rings. The third-order valence-electron chi connectivity index (χ3n) is 4.17. The van der Waals surface area contributed by atoms with Crippen LogP contribution in [0, 0.1) is 0 Å². The Morgan fingerprint density at radius 3 is 2.07 bits per heavy atom. The Morgan fingerprint density at radius 1 is 0.929 bits per heavy atom. The van der Waals surface area contributed by atoms with Gasteiger partial charge in [0.2, 0.25) is 15.9 Å². The molecule has 2 aromatic carbocycles. The number of amides is 1. The molecular weight excluding hydrogens is 374 g/mol. The summed E-state index contributed by atoms with van der Waals surface area (Å²) < 4.78 is 27.9. The van der Waals surface area contributed by atoms with Crippen LogP contribution < -0.4 is 10.0 Å². The van der Waals surface area contributed by atoms with Crippen molar-refractivity contribution in [2.45, 2.75) is 24.8 Å². The number of benzene rings is 2. The minimum absolute atomic E-state index is 0.130. The number of pyridine rings is 1. The Balaban J connectivity index is 1.75. The zero-order valence-corrected chi connectivity index (χ0v) is 16.4. The van der Waals surface area contributed by atoms with E-state index in [1.807, 2.05) is 18.2 Å². The van der Waals surface area contributed by atoms with Crippen molar-refractivity contribution in [1.29, 1.82) is 0 Å².